The molecule has 25 heavy (non-hydrogen) atoms. The molecule has 2 rings (SSSR count). The number of hydrogen-bond donors (Lipinski definition) is 1. The molecule has 3 unspecified atom stereocenters. The van der Waals surface area contributed by atoms with Gasteiger partial charge in [-0.1, -0.05) is 20.8 Å². The number of carbonyl (C=O) groups is 3. The first-order valence-electron chi connectivity index (χ1n) is 8.71. The molecule has 2 fully saturated rings. The van der Waals surface area contributed by atoms with Gasteiger partial charge in [0.2, 0.25) is 5.91 Å². The number of alkyl carbamates (subject to hydrolysis) is 1. The highest BCUT2D eigenvalue weighted by Gasteiger charge is 2.75. The third-order valence-electron chi connectivity index (χ3n) is 5.66. The summed E-state index contributed by atoms with van der Waals surface area (Å²) in [6.07, 6.45) is 0.679. The third kappa shape index (κ3) is 3.16. The molecule has 2 aliphatic rings. The van der Waals surface area contributed by atoms with Crippen LogP contribution >= 0.6 is 0 Å². The molecule has 0 radical (unpaired) electrons. The van der Waals surface area contributed by atoms with Crippen LogP contribution in [-0.4, -0.2) is 53.3 Å². The lowest BCUT2D eigenvalue weighted by Crippen LogP contribution is -2.56. The van der Waals surface area contributed by atoms with Crippen LogP contribution in [0.1, 0.15) is 54.4 Å². The Bertz CT molecular complexity index is 608. The van der Waals surface area contributed by atoms with Crippen LogP contribution in [0.15, 0.2) is 4.99 Å². The van der Waals surface area contributed by atoms with E-state index in [0.29, 0.717) is 13.0 Å². The monoisotopic (exact) mass is 351 g/mol. The SMILES string of the molecule is C=NC(=O)C1CCCN1C(=O)C1(NC(=O)OC(C)(C)C)C(C)C1(C)C. The molecule has 1 saturated carbocycles. The Morgan fingerprint density at radius 3 is 2.28 bits per heavy atom. The first-order chi connectivity index (χ1) is 11.4. The molecule has 3 atom stereocenters. The summed E-state index contributed by atoms with van der Waals surface area (Å²) in [6.45, 7) is 14.9. The molecule has 1 saturated heterocycles. The number of aliphatic imine (C=N–C) groups is 1. The van der Waals surface area contributed by atoms with Gasteiger partial charge in [0.15, 0.2) is 0 Å². The molecule has 7 heteroatoms. The van der Waals surface area contributed by atoms with Crippen LogP contribution < -0.4 is 5.32 Å². The van der Waals surface area contributed by atoms with E-state index in [2.05, 4.69) is 17.0 Å². The molecule has 3 amide bonds. The topological polar surface area (TPSA) is 88.1 Å². The fourth-order valence-electron chi connectivity index (χ4n) is 3.87. The van der Waals surface area contributed by atoms with E-state index in [0.717, 1.165) is 6.42 Å². The van der Waals surface area contributed by atoms with Gasteiger partial charge in [-0.15, -0.1) is 0 Å². The van der Waals surface area contributed by atoms with Gasteiger partial charge in [-0.3, -0.25) is 9.59 Å². The molecule has 140 valence electrons. The number of likely N-dealkylation sites (tertiary alicyclic amines) is 1. The second kappa shape index (κ2) is 6.11. The first-order valence-corrected chi connectivity index (χ1v) is 8.71. The Morgan fingerprint density at radius 2 is 1.84 bits per heavy atom. The van der Waals surface area contributed by atoms with Crippen molar-refractivity contribution in [3.63, 3.8) is 0 Å². The fraction of sp³-hybridized carbons (Fsp3) is 0.778. The minimum atomic E-state index is -1.07. The van der Waals surface area contributed by atoms with Crippen molar-refractivity contribution in [3.05, 3.63) is 0 Å². The maximum absolute atomic E-state index is 13.3. The van der Waals surface area contributed by atoms with E-state index in [1.54, 1.807) is 25.7 Å². The molecule has 0 aromatic carbocycles. The predicted octanol–water partition coefficient (Wildman–Crippen LogP) is 2.14. The van der Waals surface area contributed by atoms with E-state index in [4.69, 9.17) is 4.74 Å². The Kier molecular flexibility index (Phi) is 4.74. The van der Waals surface area contributed by atoms with Crippen molar-refractivity contribution in [2.45, 2.75) is 71.6 Å². The van der Waals surface area contributed by atoms with Gasteiger partial charge in [-0.2, -0.15) is 0 Å². The van der Waals surface area contributed by atoms with Crippen LogP contribution in [0.25, 0.3) is 0 Å². The summed E-state index contributed by atoms with van der Waals surface area (Å²) < 4.78 is 5.35. The normalized spacial score (nSPS) is 30.6. The number of carbonyl (C=O) groups excluding carboxylic acids is 3. The first kappa shape index (κ1) is 19.4. The molecule has 1 heterocycles. The quantitative estimate of drug-likeness (QED) is 0.789. The average molecular weight is 351 g/mol. The Hall–Kier alpha value is -1.92. The highest BCUT2D eigenvalue weighted by molar-refractivity contribution is 5.99. The van der Waals surface area contributed by atoms with Gasteiger partial charge in [-0.05, 0) is 46.2 Å². The highest BCUT2D eigenvalue weighted by Crippen LogP contribution is 2.62. The molecule has 1 aliphatic carbocycles. The minimum Gasteiger partial charge on any atom is -0.444 e. The lowest BCUT2D eigenvalue weighted by Gasteiger charge is -2.31. The zero-order chi connectivity index (χ0) is 19.2. The van der Waals surface area contributed by atoms with Gasteiger partial charge in [0.1, 0.15) is 17.2 Å². The summed E-state index contributed by atoms with van der Waals surface area (Å²) in [5, 5.41) is 2.81. The third-order valence-corrected chi connectivity index (χ3v) is 5.66. The summed E-state index contributed by atoms with van der Waals surface area (Å²) in [4.78, 5) is 42.7. The van der Waals surface area contributed by atoms with E-state index in [-0.39, 0.29) is 11.8 Å². The van der Waals surface area contributed by atoms with Crippen molar-refractivity contribution >= 4 is 24.6 Å². The number of nitrogens with one attached hydrogen (secondary N) is 1. The Balaban J connectivity index is 2.27. The molecule has 0 aromatic heterocycles. The van der Waals surface area contributed by atoms with Crippen molar-refractivity contribution in [3.8, 4) is 0 Å². The molecular formula is C18H29N3O4. The smallest absolute Gasteiger partial charge is 0.408 e. The van der Waals surface area contributed by atoms with Crippen LogP contribution in [-0.2, 0) is 14.3 Å². The van der Waals surface area contributed by atoms with Crippen molar-refractivity contribution in [2.24, 2.45) is 16.3 Å². The second-order valence-corrected chi connectivity index (χ2v) is 8.53. The van der Waals surface area contributed by atoms with E-state index >= 15 is 0 Å². The lowest BCUT2D eigenvalue weighted by molar-refractivity contribution is -0.140. The predicted molar refractivity (Wildman–Crippen MR) is 94.3 cm³/mol. The number of nitrogens with zero attached hydrogens (tertiary/aromatic N) is 2. The maximum Gasteiger partial charge on any atom is 0.408 e. The number of rotatable bonds is 3. The Labute approximate surface area is 149 Å². The molecule has 0 bridgehead atoms. The Morgan fingerprint density at radius 1 is 1.28 bits per heavy atom. The lowest BCUT2D eigenvalue weighted by atomic mass is 10.0. The zero-order valence-electron chi connectivity index (χ0n) is 16.0. The van der Waals surface area contributed by atoms with Gasteiger partial charge in [0.05, 0.1) is 0 Å². The van der Waals surface area contributed by atoms with Crippen molar-refractivity contribution in [2.75, 3.05) is 6.54 Å². The molecule has 0 aromatic rings. The van der Waals surface area contributed by atoms with E-state index in [1.807, 2.05) is 20.8 Å². The van der Waals surface area contributed by atoms with Crippen molar-refractivity contribution < 1.29 is 19.1 Å². The summed E-state index contributed by atoms with van der Waals surface area (Å²) in [6, 6.07) is -0.592. The van der Waals surface area contributed by atoms with Crippen LogP contribution in [0.2, 0.25) is 0 Å². The highest BCUT2D eigenvalue weighted by atomic mass is 16.6. The van der Waals surface area contributed by atoms with Crippen LogP contribution in [0.4, 0.5) is 4.79 Å². The van der Waals surface area contributed by atoms with Gasteiger partial charge >= 0.3 is 6.09 Å². The molecule has 1 N–H and O–H groups in total. The standard InChI is InChI=1S/C18H29N3O4/c1-11-17(5,6)18(11,20-15(24)25-16(2,3)4)14(23)21-10-8-9-12(21)13(22)19-7/h11-12H,7-10H2,1-6H3,(H,20,24). The van der Waals surface area contributed by atoms with Gasteiger partial charge in [0.25, 0.3) is 5.91 Å². The van der Waals surface area contributed by atoms with Crippen LogP contribution in [0, 0.1) is 11.3 Å². The van der Waals surface area contributed by atoms with E-state index < -0.39 is 34.6 Å². The molecule has 7 nitrogen and oxygen atoms in total. The van der Waals surface area contributed by atoms with Crippen molar-refractivity contribution in [1.82, 2.24) is 10.2 Å². The second-order valence-electron chi connectivity index (χ2n) is 8.53. The van der Waals surface area contributed by atoms with Gasteiger partial charge < -0.3 is 15.0 Å². The maximum atomic E-state index is 13.3. The van der Waals surface area contributed by atoms with E-state index in [1.165, 1.54) is 0 Å². The number of amides is 3. The summed E-state index contributed by atoms with van der Waals surface area (Å²) in [5.74, 6) is -0.715. The molecule has 1 aliphatic heterocycles. The number of hydrogen-bond acceptors (Lipinski definition) is 4. The van der Waals surface area contributed by atoms with Crippen molar-refractivity contribution in [1.29, 1.82) is 0 Å². The van der Waals surface area contributed by atoms with Gasteiger partial charge in [-0.25, -0.2) is 9.79 Å². The summed E-state index contributed by atoms with van der Waals surface area (Å²) >= 11 is 0. The average Bonchev–Trinajstić information content (AvgIpc) is 2.87. The number of ether oxygens (including phenoxy) is 1. The largest absolute Gasteiger partial charge is 0.444 e. The summed E-state index contributed by atoms with van der Waals surface area (Å²) in [7, 11) is 0. The molecule has 0 spiro atoms. The summed E-state index contributed by atoms with van der Waals surface area (Å²) in [5.41, 5.74) is -2.16. The zero-order valence-corrected chi connectivity index (χ0v) is 16.0. The van der Waals surface area contributed by atoms with E-state index in [9.17, 15) is 14.4 Å². The van der Waals surface area contributed by atoms with Gasteiger partial charge in [0, 0.05) is 12.0 Å². The minimum absolute atomic E-state index is 0.0759. The van der Waals surface area contributed by atoms with Crippen LogP contribution in [0.5, 0.6) is 0 Å². The fourth-order valence-corrected chi connectivity index (χ4v) is 3.87. The molecular weight excluding hydrogens is 322 g/mol. The van der Waals surface area contributed by atoms with Crippen LogP contribution in [0.3, 0.4) is 0 Å².